The van der Waals surface area contributed by atoms with Crippen LogP contribution in [0.1, 0.15) is 59.1 Å². The van der Waals surface area contributed by atoms with Crippen LogP contribution in [0, 0.1) is 10.1 Å². The molecule has 0 saturated carbocycles. The quantitative estimate of drug-likeness (QED) is 0.367. The van der Waals surface area contributed by atoms with Gasteiger partial charge in [-0.05, 0) is 59.2 Å². The van der Waals surface area contributed by atoms with E-state index < -0.39 is 34.2 Å². The molecule has 0 spiro atoms. The largest absolute Gasteiger partial charge is 0.460 e. The maximum absolute atomic E-state index is 12.3. The molecule has 1 amide bonds. The van der Waals surface area contributed by atoms with Gasteiger partial charge in [0.2, 0.25) is 0 Å². The second-order valence-corrected chi connectivity index (χ2v) is 8.87. The molecule has 0 saturated heterocycles. The van der Waals surface area contributed by atoms with Crippen LogP contribution >= 0.6 is 0 Å². The Hall–Kier alpha value is -2.72. The lowest BCUT2D eigenvalue weighted by Gasteiger charge is -2.25. The SMILES string of the molecule is CC(C)(C)OC(=O)CC(Cc1cc(CON)ccc1[N+](=O)[O-])NC(=O)OC(C)(C)C. The zero-order valence-electron chi connectivity index (χ0n) is 18.3. The number of amides is 1. The molecular weight excluding hydrogens is 394 g/mol. The molecule has 1 atom stereocenters. The van der Waals surface area contributed by atoms with Crippen LogP contribution in [0.2, 0.25) is 0 Å². The first kappa shape index (κ1) is 25.3. The zero-order valence-corrected chi connectivity index (χ0v) is 18.3. The number of benzene rings is 1. The van der Waals surface area contributed by atoms with E-state index in [9.17, 15) is 19.7 Å². The van der Waals surface area contributed by atoms with Crippen LogP contribution in [0.5, 0.6) is 0 Å². The fourth-order valence-corrected chi connectivity index (χ4v) is 2.66. The number of nitrogens with one attached hydrogen (secondary N) is 1. The first-order valence-electron chi connectivity index (χ1n) is 9.49. The van der Waals surface area contributed by atoms with Gasteiger partial charge in [0.15, 0.2) is 0 Å². The Bertz CT molecular complexity index is 737. The van der Waals surface area contributed by atoms with Crippen LogP contribution in [0.3, 0.4) is 0 Å². The number of rotatable bonds is 8. The Morgan fingerprint density at radius 3 is 2.23 bits per heavy atom. The van der Waals surface area contributed by atoms with Gasteiger partial charge in [-0.3, -0.25) is 19.7 Å². The molecule has 30 heavy (non-hydrogen) atoms. The second kappa shape index (κ2) is 10.4. The van der Waals surface area contributed by atoms with E-state index in [0.29, 0.717) is 11.1 Å². The van der Waals surface area contributed by atoms with E-state index in [4.69, 9.17) is 15.4 Å². The highest BCUT2D eigenvalue weighted by Crippen LogP contribution is 2.23. The first-order chi connectivity index (χ1) is 13.7. The average Bonchev–Trinajstić information content (AvgIpc) is 2.51. The van der Waals surface area contributed by atoms with Crippen molar-refractivity contribution >= 4 is 17.7 Å². The summed E-state index contributed by atoms with van der Waals surface area (Å²) in [5.74, 6) is 4.54. The molecule has 0 aromatic heterocycles. The number of nitro benzene ring substituents is 1. The molecule has 168 valence electrons. The Morgan fingerprint density at radius 2 is 1.73 bits per heavy atom. The van der Waals surface area contributed by atoms with Crippen LogP contribution in [0.4, 0.5) is 10.5 Å². The van der Waals surface area contributed by atoms with Gasteiger partial charge in [-0.2, -0.15) is 0 Å². The third-order valence-corrected chi connectivity index (χ3v) is 3.61. The molecule has 0 aliphatic rings. The van der Waals surface area contributed by atoms with Crippen molar-refractivity contribution in [2.24, 2.45) is 5.90 Å². The predicted octanol–water partition coefficient (Wildman–Crippen LogP) is 3.15. The molecule has 1 unspecified atom stereocenters. The van der Waals surface area contributed by atoms with Crippen LogP contribution in [-0.2, 0) is 32.1 Å². The molecule has 0 heterocycles. The minimum atomic E-state index is -0.789. The zero-order chi connectivity index (χ0) is 23.1. The first-order valence-corrected chi connectivity index (χ1v) is 9.49. The fraction of sp³-hybridized carbons (Fsp3) is 0.600. The third kappa shape index (κ3) is 9.66. The molecular formula is C20H31N3O7. The Balaban J connectivity index is 3.14. The van der Waals surface area contributed by atoms with Crippen molar-refractivity contribution in [1.82, 2.24) is 5.32 Å². The number of carbonyl (C=O) groups is 2. The number of esters is 1. The molecule has 0 aliphatic heterocycles. The molecule has 10 nitrogen and oxygen atoms in total. The summed E-state index contributed by atoms with van der Waals surface area (Å²) in [6.45, 7) is 10.3. The van der Waals surface area contributed by atoms with Crippen molar-refractivity contribution in [2.45, 2.75) is 78.2 Å². The molecule has 1 aromatic carbocycles. The van der Waals surface area contributed by atoms with E-state index in [1.165, 1.54) is 12.1 Å². The number of nitrogens with zero attached hydrogens (tertiary/aromatic N) is 1. The monoisotopic (exact) mass is 425 g/mol. The molecule has 0 bridgehead atoms. The number of hydrogen-bond donors (Lipinski definition) is 2. The van der Waals surface area contributed by atoms with Crippen molar-refractivity contribution in [2.75, 3.05) is 0 Å². The molecule has 3 N–H and O–H groups in total. The smallest absolute Gasteiger partial charge is 0.407 e. The standard InChI is InChI=1S/C20H31N3O7/c1-19(2,3)29-17(24)11-15(22-18(25)30-20(4,5)6)10-14-9-13(12-28-21)7-8-16(14)23(26)27/h7-9,15H,10-12,21H2,1-6H3,(H,22,25). The summed E-state index contributed by atoms with van der Waals surface area (Å²) in [6, 6.07) is 3.63. The van der Waals surface area contributed by atoms with Gasteiger partial charge < -0.3 is 14.8 Å². The fourth-order valence-electron chi connectivity index (χ4n) is 2.66. The molecule has 1 aromatic rings. The summed E-state index contributed by atoms with van der Waals surface area (Å²) in [6.07, 6.45) is -0.918. The topological polar surface area (TPSA) is 143 Å². The lowest BCUT2D eigenvalue weighted by Crippen LogP contribution is -2.42. The molecule has 10 heteroatoms. The molecule has 0 radical (unpaired) electrons. The van der Waals surface area contributed by atoms with Crippen LogP contribution in [-0.4, -0.2) is 34.2 Å². The van der Waals surface area contributed by atoms with Crippen molar-refractivity contribution in [3.05, 3.63) is 39.4 Å². The summed E-state index contributed by atoms with van der Waals surface area (Å²) in [5, 5.41) is 14.1. The van der Waals surface area contributed by atoms with Crippen LogP contribution in [0.25, 0.3) is 0 Å². The van der Waals surface area contributed by atoms with Gasteiger partial charge in [0.25, 0.3) is 5.69 Å². The lowest BCUT2D eigenvalue weighted by molar-refractivity contribution is -0.385. The minimum Gasteiger partial charge on any atom is -0.460 e. The number of hydrogen-bond acceptors (Lipinski definition) is 8. The molecule has 0 aliphatic carbocycles. The molecule has 1 rings (SSSR count). The number of nitrogens with two attached hydrogens (primary N) is 1. The number of alkyl carbamates (subject to hydrolysis) is 1. The van der Waals surface area contributed by atoms with E-state index in [2.05, 4.69) is 10.2 Å². The Morgan fingerprint density at radius 1 is 1.13 bits per heavy atom. The van der Waals surface area contributed by atoms with E-state index in [0.717, 1.165) is 0 Å². The number of ether oxygens (including phenoxy) is 2. The highest BCUT2D eigenvalue weighted by atomic mass is 16.6. The van der Waals surface area contributed by atoms with Crippen molar-refractivity contribution < 1.29 is 28.8 Å². The predicted molar refractivity (Wildman–Crippen MR) is 109 cm³/mol. The lowest BCUT2D eigenvalue weighted by atomic mass is 9.99. The van der Waals surface area contributed by atoms with Gasteiger partial charge >= 0.3 is 12.1 Å². The van der Waals surface area contributed by atoms with E-state index >= 15 is 0 Å². The summed E-state index contributed by atoms with van der Waals surface area (Å²) in [5.41, 5.74) is -0.662. The molecule has 0 fully saturated rings. The van der Waals surface area contributed by atoms with Gasteiger partial charge in [0.05, 0.1) is 18.0 Å². The summed E-state index contributed by atoms with van der Waals surface area (Å²) < 4.78 is 10.6. The van der Waals surface area contributed by atoms with Gasteiger partial charge in [0.1, 0.15) is 11.2 Å². The number of nitro groups is 1. The van der Waals surface area contributed by atoms with Gasteiger partial charge in [-0.15, -0.1) is 0 Å². The van der Waals surface area contributed by atoms with Crippen molar-refractivity contribution in [3.8, 4) is 0 Å². The summed E-state index contributed by atoms with van der Waals surface area (Å²) in [4.78, 5) is 40.1. The van der Waals surface area contributed by atoms with Crippen LogP contribution in [0.15, 0.2) is 18.2 Å². The maximum Gasteiger partial charge on any atom is 0.407 e. The van der Waals surface area contributed by atoms with Gasteiger partial charge in [-0.25, -0.2) is 10.7 Å². The van der Waals surface area contributed by atoms with E-state index in [-0.39, 0.29) is 25.1 Å². The second-order valence-electron chi connectivity index (χ2n) is 8.87. The van der Waals surface area contributed by atoms with Crippen LogP contribution < -0.4 is 11.2 Å². The van der Waals surface area contributed by atoms with Crippen molar-refractivity contribution in [3.63, 3.8) is 0 Å². The Labute approximate surface area is 176 Å². The van der Waals surface area contributed by atoms with Crippen molar-refractivity contribution in [1.29, 1.82) is 0 Å². The van der Waals surface area contributed by atoms with E-state index in [1.807, 2.05) is 0 Å². The minimum absolute atomic E-state index is 0.00715. The third-order valence-electron chi connectivity index (χ3n) is 3.61. The maximum atomic E-state index is 12.3. The average molecular weight is 425 g/mol. The van der Waals surface area contributed by atoms with Gasteiger partial charge in [0, 0.05) is 24.1 Å². The highest BCUT2D eigenvalue weighted by Gasteiger charge is 2.27. The summed E-state index contributed by atoms with van der Waals surface area (Å²) >= 11 is 0. The number of carbonyl (C=O) groups excluding carboxylic acids is 2. The Kier molecular flexibility index (Phi) is 8.74. The summed E-state index contributed by atoms with van der Waals surface area (Å²) in [7, 11) is 0. The van der Waals surface area contributed by atoms with E-state index in [1.54, 1.807) is 47.6 Å². The normalized spacial score (nSPS) is 12.8. The van der Waals surface area contributed by atoms with Gasteiger partial charge in [-0.1, -0.05) is 0 Å². The highest BCUT2D eigenvalue weighted by molar-refractivity contribution is 5.73.